The molecule has 2 atom stereocenters. The summed E-state index contributed by atoms with van der Waals surface area (Å²) in [6.45, 7) is 3.66. The predicted octanol–water partition coefficient (Wildman–Crippen LogP) is 4.76. The van der Waals surface area contributed by atoms with Gasteiger partial charge in [-0.1, -0.05) is 52.3 Å². The van der Waals surface area contributed by atoms with E-state index in [0.29, 0.717) is 19.6 Å². The lowest BCUT2D eigenvalue weighted by Crippen LogP contribution is -2.43. The Morgan fingerprint density at radius 1 is 1.16 bits per heavy atom. The average molecular weight is 483 g/mol. The minimum absolute atomic E-state index is 0.236. The third-order valence-electron chi connectivity index (χ3n) is 5.70. The molecule has 1 aliphatic heterocycles. The van der Waals surface area contributed by atoms with Gasteiger partial charge in [-0.25, -0.2) is 0 Å². The number of para-hydroxylation sites is 1. The molecule has 1 fully saturated rings. The Balaban J connectivity index is 1.44. The van der Waals surface area contributed by atoms with Crippen LogP contribution in [0.2, 0.25) is 0 Å². The van der Waals surface area contributed by atoms with E-state index < -0.39 is 0 Å². The van der Waals surface area contributed by atoms with Gasteiger partial charge in [0.05, 0.1) is 23.4 Å². The zero-order chi connectivity index (χ0) is 21.7. The van der Waals surface area contributed by atoms with Gasteiger partial charge in [-0.3, -0.25) is 9.78 Å². The minimum atomic E-state index is -0.343. The summed E-state index contributed by atoms with van der Waals surface area (Å²) < 4.78 is 11.3. The molecule has 0 saturated carbocycles. The zero-order valence-electron chi connectivity index (χ0n) is 17.6. The molecule has 3 aromatic rings. The van der Waals surface area contributed by atoms with Crippen molar-refractivity contribution in [2.24, 2.45) is 0 Å². The van der Waals surface area contributed by atoms with Crippen LogP contribution >= 0.6 is 15.9 Å². The summed E-state index contributed by atoms with van der Waals surface area (Å²) in [6, 6.07) is 20.3. The Labute approximate surface area is 191 Å². The number of esters is 1. The van der Waals surface area contributed by atoms with E-state index in [2.05, 4.69) is 45.5 Å². The van der Waals surface area contributed by atoms with Gasteiger partial charge < -0.3 is 14.8 Å². The number of fused-ring (bicyclic) bond motifs is 1. The molecule has 1 saturated heterocycles. The molecule has 2 heterocycles. The van der Waals surface area contributed by atoms with Crippen molar-refractivity contribution in [1.82, 2.24) is 10.3 Å². The highest BCUT2D eigenvalue weighted by molar-refractivity contribution is 9.10. The number of nitrogens with one attached hydrogen (secondary N) is 1. The second-order valence-electron chi connectivity index (χ2n) is 7.86. The van der Waals surface area contributed by atoms with Crippen LogP contribution < -0.4 is 10.1 Å². The van der Waals surface area contributed by atoms with Gasteiger partial charge in [-0.05, 0) is 62.6 Å². The van der Waals surface area contributed by atoms with Crippen LogP contribution in [0.4, 0.5) is 0 Å². The summed E-state index contributed by atoms with van der Waals surface area (Å²) in [6.07, 6.45) is 2.66. The number of halogens is 1. The minimum Gasteiger partial charge on any atom is -0.491 e. The number of benzene rings is 2. The molecule has 2 aromatic carbocycles. The molecule has 6 heteroatoms. The first kappa shape index (κ1) is 21.8. The molecular weight excluding hydrogens is 456 g/mol. The molecule has 0 spiro atoms. The first-order valence-electron chi connectivity index (χ1n) is 10.7. The number of aromatic nitrogens is 1. The summed E-state index contributed by atoms with van der Waals surface area (Å²) in [4.78, 5) is 16.4. The van der Waals surface area contributed by atoms with Gasteiger partial charge in [0.15, 0.2) is 0 Å². The number of rotatable bonds is 8. The standard InChI is InChI=1S/C25H27BrN2O3/c1-2-30-24(29)21(26)16-18-8-11-20(12-9-18)31-17-25(14-5-15-27-25)23-13-10-19-6-3-4-7-22(19)28-23/h3-4,6-13,21,27H,2,5,14-17H2,1H3/t21?,25-/m1/s1. The predicted molar refractivity (Wildman–Crippen MR) is 126 cm³/mol. The van der Waals surface area contributed by atoms with E-state index in [0.717, 1.165) is 47.3 Å². The lowest BCUT2D eigenvalue weighted by atomic mass is 9.93. The van der Waals surface area contributed by atoms with Crippen molar-refractivity contribution in [3.05, 3.63) is 71.9 Å². The van der Waals surface area contributed by atoms with Gasteiger partial charge in [-0.15, -0.1) is 0 Å². The second-order valence-corrected chi connectivity index (χ2v) is 8.96. The fourth-order valence-electron chi connectivity index (χ4n) is 4.01. The smallest absolute Gasteiger partial charge is 0.320 e. The van der Waals surface area contributed by atoms with E-state index in [1.807, 2.05) is 43.3 Å². The molecule has 1 aliphatic rings. The Morgan fingerprint density at radius 2 is 1.97 bits per heavy atom. The SMILES string of the molecule is CCOC(=O)C(Br)Cc1ccc(OC[C@@]2(c3ccc4ccccc4n3)CCCN2)cc1. The number of pyridine rings is 1. The molecule has 31 heavy (non-hydrogen) atoms. The van der Waals surface area contributed by atoms with Crippen molar-refractivity contribution >= 4 is 32.8 Å². The molecule has 1 aromatic heterocycles. The maximum Gasteiger partial charge on any atom is 0.320 e. The highest BCUT2D eigenvalue weighted by Gasteiger charge is 2.37. The fraction of sp³-hybridized carbons (Fsp3) is 0.360. The second kappa shape index (κ2) is 9.79. The maximum absolute atomic E-state index is 11.8. The van der Waals surface area contributed by atoms with Crippen LogP contribution in [0.15, 0.2) is 60.7 Å². The van der Waals surface area contributed by atoms with E-state index in [1.165, 1.54) is 0 Å². The number of nitrogens with zero attached hydrogens (tertiary/aromatic N) is 1. The maximum atomic E-state index is 11.8. The van der Waals surface area contributed by atoms with Gasteiger partial charge in [0.25, 0.3) is 0 Å². The molecule has 0 bridgehead atoms. The zero-order valence-corrected chi connectivity index (χ0v) is 19.2. The van der Waals surface area contributed by atoms with Crippen LogP contribution in [0.3, 0.4) is 0 Å². The van der Waals surface area contributed by atoms with Crippen LogP contribution in [0.25, 0.3) is 10.9 Å². The molecule has 1 unspecified atom stereocenters. The summed E-state index contributed by atoms with van der Waals surface area (Å²) in [5.74, 6) is 0.569. The lowest BCUT2D eigenvalue weighted by molar-refractivity contribution is -0.142. The van der Waals surface area contributed by atoms with Crippen LogP contribution in [0.5, 0.6) is 5.75 Å². The van der Waals surface area contributed by atoms with Gasteiger partial charge in [0, 0.05) is 5.39 Å². The molecule has 1 N–H and O–H groups in total. The summed E-state index contributed by atoms with van der Waals surface area (Å²) in [5.41, 5.74) is 2.79. The van der Waals surface area contributed by atoms with Crippen molar-refractivity contribution in [2.75, 3.05) is 19.8 Å². The quantitative estimate of drug-likeness (QED) is 0.370. The van der Waals surface area contributed by atoms with Gasteiger partial charge >= 0.3 is 5.97 Å². The van der Waals surface area contributed by atoms with Crippen molar-refractivity contribution in [1.29, 1.82) is 0 Å². The van der Waals surface area contributed by atoms with E-state index in [-0.39, 0.29) is 16.3 Å². The molecule has 4 rings (SSSR count). The highest BCUT2D eigenvalue weighted by atomic mass is 79.9. The van der Waals surface area contributed by atoms with Crippen LogP contribution in [-0.4, -0.2) is 35.5 Å². The first-order valence-corrected chi connectivity index (χ1v) is 11.6. The molecule has 0 aliphatic carbocycles. The van der Waals surface area contributed by atoms with E-state index in [1.54, 1.807) is 0 Å². The van der Waals surface area contributed by atoms with E-state index in [9.17, 15) is 4.79 Å². The monoisotopic (exact) mass is 482 g/mol. The first-order chi connectivity index (χ1) is 15.1. The van der Waals surface area contributed by atoms with Gasteiger partial charge in [0.2, 0.25) is 0 Å². The topological polar surface area (TPSA) is 60.5 Å². The fourth-order valence-corrected chi connectivity index (χ4v) is 4.51. The summed E-state index contributed by atoms with van der Waals surface area (Å²) in [5, 5.41) is 4.78. The number of hydrogen-bond donors (Lipinski definition) is 1. The highest BCUT2D eigenvalue weighted by Crippen LogP contribution is 2.32. The van der Waals surface area contributed by atoms with Crippen LogP contribution in [-0.2, 0) is 21.5 Å². The van der Waals surface area contributed by atoms with Crippen LogP contribution in [0.1, 0.15) is 31.0 Å². The number of carbonyl (C=O) groups is 1. The normalized spacial score (nSPS) is 19.3. The van der Waals surface area contributed by atoms with Gasteiger partial charge in [0.1, 0.15) is 17.2 Å². The average Bonchev–Trinajstić information content (AvgIpc) is 3.28. The van der Waals surface area contributed by atoms with Crippen molar-refractivity contribution in [3.63, 3.8) is 0 Å². The van der Waals surface area contributed by atoms with Gasteiger partial charge in [-0.2, -0.15) is 0 Å². The number of ether oxygens (including phenoxy) is 2. The largest absolute Gasteiger partial charge is 0.491 e. The van der Waals surface area contributed by atoms with Crippen molar-refractivity contribution in [2.45, 2.75) is 36.6 Å². The summed E-state index contributed by atoms with van der Waals surface area (Å²) >= 11 is 3.40. The van der Waals surface area contributed by atoms with Crippen molar-refractivity contribution < 1.29 is 14.3 Å². The van der Waals surface area contributed by atoms with E-state index >= 15 is 0 Å². The molecule has 0 radical (unpaired) electrons. The molecular formula is C25H27BrN2O3. The lowest BCUT2D eigenvalue weighted by Gasteiger charge is -2.29. The Hall–Kier alpha value is -2.44. The summed E-state index contributed by atoms with van der Waals surface area (Å²) in [7, 11) is 0. The molecule has 5 nitrogen and oxygen atoms in total. The van der Waals surface area contributed by atoms with Crippen LogP contribution in [0, 0.1) is 0 Å². The third-order valence-corrected chi connectivity index (χ3v) is 6.40. The number of carbonyl (C=O) groups excluding carboxylic acids is 1. The number of alkyl halides is 1. The Kier molecular flexibility index (Phi) is 6.88. The van der Waals surface area contributed by atoms with Crippen molar-refractivity contribution in [3.8, 4) is 5.75 Å². The third kappa shape index (κ3) is 5.08. The van der Waals surface area contributed by atoms with E-state index in [4.69, 9.17) is 14.5 Å². The molecule has 162 valence electrons. The Morgan fingerprint density at radius 3 is 2.71 bits per heavy atom. The number of hydrogen-bond acceptors (Lipinski definition) is 5. The molecule has 0 amide bonds. The Bertz CT molecular complexity index is 1030.